The van der Waals surface area contributed by atoms with E-state index in [0.717, 1.165) is 17.7 Å². The fraction of sp³-hybridized carbons (Fsp3) is 0.389. The summed E-state index contributed by atoms with van der Waals surface area (Å²) >= 11 is 0. The summed E-state index contributed by atoms with van der Waals surface area (Å²) in [4.78, 5) is 24.9. The molecule has 0 bridgehead atoms. The summed E-state index contributed by atoms with van der Waals surface area (Å²) in [6.07, 6.45) is 4.09. The van der Waals surface area contributed by atoms with Gasteiger partial charge in [-0.15, -0.1) is 0 Å². The highest BCUT2D eigenvalue weighted by molar-refractivity contribution is 5.98. The van der Waals surface area contributed by atoms with Crippen molar-refractivity contribution in [3.05, 3.63) is 42.2 Å². The van der Waals surface area contributed by atoms with Crippen LogP contribution in [-0.2, 0) is 6.54 Å². The average molecular weight is 327 g/mol. The Bertz CT molecular complexity index is 728. The molecule has 1 amide bonds. The fourth-order valence-electron chi connectivity index (χ4n) is 3.08. The zero-order valence-corrected chi connectivity index (χ0v) is 13.7. The van der Waals surface area contributed by atoms with Crippen LogP contribution < -0.4 is 0 Å². The largest absolute Gasteiger partial charge is 0.465 e. The number of likely N-dealkylation sites (tertiary alicyclic amines) is 1. The third-order valence-electron chi connectivity index (χ3n) is 4.60. The van der Waals surface area contributed by atoms with Gasteiger partial charge in [-0.1, -0.05) is 24.3 Å². The summed E-state index contributed by atoms with van der Waals surface area (Å²) < 4.78 is 1.87. The quantitative estimate of drug-likeness (QED) is 0.875. The normalized spacial score (nSPS) is 15.5. The lowest BCUT2D eigenvalue weighted by Gasteiger charge is -2.29. The molecular formula is C18H21N3O3. The summed E-state index contributed by atoms with van der Waals surface area (Å²) in [6, 6.07) is 7.59. The van der Waals surface area contributed by atoms with E-state index in [1.165, 1.54) is 4.90 Å². The van der Waals surface area contributed by atoms with Crippen LogP contribution >= 0.6 is 0 Å². The molecule has 6 nitrogen and oxygen atoms in total. The van der Waals surface area contributed by atoms with Gasteiger partial charge in [0.25, 0.3) is 0 Å². The van der Waals surface area contributed by atoms with Crippen molar-refractivity contribution in [1.82, 2.24) is 14.7 Å². The molecule has 24 heavy (non-hydrogen) atoms. The Morgan fingerprint density at radius 3 is 2.38 bits per heavy atom. The molecule has 1 aliphatic heterocycles. The van der Waals surface area contributed by atoms with Crippen LogP contribution in [0.25, 0.3) is 11.1 Å². The van der Waals surface area contributed by atoms with Crippen molar-refractivity contribution >= 4 is 11.9 Å². The second-order valence-electron chi connectivity index (χ2n) is 6.07. The molecule has 1 aromatic heterocycles. The maximum atomic E-state index is 12.6. The SMILES string of the molecule is CCn1cc(-c2ccc(C(=O)C3CCN(C(=O)O)CC3)cc2)cn1. The topological polar surface area (TPSA) is 75.4 Å². The molecule has 0 aliphatic carbocycles. The molecule has 0 spiro atoms. The summed E-state index contributed by atoms with van der Waals surface area (Å²) in [7, 11) is 0. The number of aryl methyl sites for hydroxylation is 1. The number of carbonyl (C=O) groups is 2. The molecule has 1 fully saturated rings. The minimum absolute atomic E-state index is 0.0886. The van der Waals surface area contributed by atoms with E-state index < -0.39 is 6.09 Å². The van der Waals surface area contributed by atoms with Gasteiger partial charge in [-0.05, 0) is 25.3 Å². The Morgan fingerprint density at radius 2 is 1.83 bits per heavy atom. The zero-order chi connectivity index (χ0) is 17.1. The predicted octanol–water partition coefficient (Wildman–Crippen LogP) is 3.14. The third-order valence-corrected chi connectivity index (χ3v) is 4.60. The van der Waals surface area contributed by atoms with Gasteiger partial charge in [0.1, 0.15) is 0 Å². The number of Topliss-reactive ketones (excluding diaryl/α,β-unsaturated/α-hetero) is 1. The number of amides is 1. The first-order chi connectivity index (χ1) is 11.6. The summed E-state index contributed by atoms with van der Waals surface area (Å²) in [6.45, 7) is 3.72. The van der Waals surface area contributed by atoms with Crippen molar-refractivity contribution in [1.29, 1.82) is 0 Å². The lowest BCUT2D eigenvalue weighted by molar-refractivity contribution is 0.0821. The maximum absolute atomic E-state index is 12.6. The van der Waals surface area contributed by atoms with E-state index in [1.807, 2.05) is 48.3 Å². The van der Waals surface area contributed by atoms with Crippen LogP contribution in [0.4, 0.5) is 4.79 Å². The minimum atomic E-state index is -0.905. The van der Waals surface area contributed by atoms with E-state index >= 15 is 0 Å². The van der Waals surface area contributed by atoms with Gasteiger partial charge in [-0.3, -0.25) is 9.48 Å². The number of hydrogen-bond acceptors (Lipinski definition) is 3. The fourth-order valence-corrected chi connectivity index (χ4v) is 3.08. The predicted molar refractivity (Wildman–Crippen MR) is 90.0 cm³/mol. The first kappa shape index (κ1) is 16.2. The third kappa shape index (κ3) is 3.32. The van der Waals surface area contributed by atoms with Crippen molar-refractivity contribution in [3.8, 4) is 11.1 Å². The number of nitrogens with zero attached hydrogens (tertiary/aromatic N) is 3. The number of ketones is 1. The van der Waals surface area contributed by atoms with Gasteiger partial charge in [0.2, 0.25) is 0 Å². The average Bonchev–Trinajstić information content (AvgIpc) is 3.10. The Kier molecular flexibility index (Phi) is 4.64. The van der Waals surface area contributed by atoms with E-state index in [-0.39, 0.29) is 11.7 Å². The molecule has 2 heterocycles. The van der Waals surface area contributed by atoms with Crippen LogP contribution in [0.5, 0.6) is 0 Å². The monoisotopic (exact) mass is 327 g/mol. The molecule has 1 saturated heterocycles. The molecular weight excluding hydrogens is 306 g/mol. The van der Waals surface area contributed by atoms with Crippen LogP contribution in [-0.4, -0.2) is 44.8 Å². The molecule has 1 aromatic carbocycles. The highest BCUT2D eigenvalue weighted by Crippen LogP contribution is 2.24. The highest BCUT2D eigenvalue weighted by atomic mass is 16.4. The van der Waals surface area contributed by atoms with Gasteiger partial charge in [0, 0.05) is 42.9 Å². The molecule has 0 saturated carbocycles. The second kappa shape index (κ2) is 6.86. The van der Waals surface area contributed by atoms with E-state index in [4.69, 9.17) is 5.11 Å². The van der Waals surface area contributed by atoms with Crippen molar-refractivity contribution in [2.45, 2.75) is 26.3 Å². The van der Waals surface area contributed by atoms with E-state index in [1.54, 1.807) is 0 Å². The Labute approximate surface area is 140 Å². The summed E-state index contributed by atoms with van der Waals surface area (Å²) in [5, 5.41) is 13.2. The first-order valence-electron chi connectivity index (χ1n) is 8.23. The lowest BCUT2D eigenvalue weighted by atomic mass is 9.88. The van der Waals surface area contributed by atoms with Gasteiger partial charge >= 0.3 is 6.09 Å². The van der Waals surface area contributed by atoms with Gasteiger partial charge < -0.3 is 10.0 Å². The molecule has 0 unspecified atom stereocenters. The lowest BCUT2D eigenvalue weighted by Crippen LogP contribution is -2.39. The number of aromatic nitrogens is 2. The minimum Gasteiger partial charge on any atom is -0.465 e. The number of carboxylic acid groups (broad SMARTS) is 1. The Balaban J connectivity index is 1.67. The van der Waals surface area contributed by atoms with Crippen molar-refractivity contribution < 1.29 is 14.7 Å². The number of benzene rings is 1. The molecule has 1 aliphatic rings. The van der Waals surface area contributed by atoms with Crippen molar-refractivity contribution in [2.24, 2.45) is 5.92 Å². The smallest absolute Gasteiger partial charge is 0.407 e. The van der Waals surface area contributed by atoms with E-state index in [9.17, 15) is 9.59 Å². The number of piperidine rings is 1. The summed E-state index contributed by atoms with van der Waals surface area (Å²) in [5.74, 6) is 0.0186. The van der Waals surface area contributed by atoms with Crippen LogP contribution in [0, 0.1) is 5.92 Å². The van der Waals surface area contributed by atoms with Crippen LogP contribution in [0.2, 0.25) is 0 Å². The Morgan fingerprint density at radius 1 is 1.17 bits per heavy atom. The van der Waals surface area contributed by atoms with E-state index in [2.05, 4.69) is 5.10 Å². The maximum Gasteiger partial charge on any atom is 0.407 e. The van der Waals surface area contributed by atoms with Gasteiger partial charge in [-0.25, -0.2) is 4.79 Å². The molecule has 0 radical (unpaired) electrons. The van der Waals surface area contributed by atoms with Gasteiger partial charge in [0.15, 0.2) is 5.78 Å². The first-order valence-corrected chi connectivity index (χ1v) is 8.23. The van der Waals surface area contributed by atoms with Gasteiger partial charge in [0.05, 0.1) is 6.20 Å². The Hall–Kier alpha value is -2.63. The number of rotatable bonds is 4. The van der Waals surface area contributed by atoms with Gasteiger partial charge in [-0.2, -0.15) is 5.10 Å². The van der Waals surface area contributed by atoms with Crippen LogP contribution in [0.15, 0.2) is 36.7 Å². The van der Waals surface area contributed by atoms with Crippen LogP contribution in [0.3, 0.4) is 0 Å². The van der Waals surface area contributed by atoms with E-state index in [0.29, 0.717) is 31.5 Å². The summed E-state index contributed by atoms with van der Waals surface area (Å²) in [5.41, 5.74) is 2.76. The molecule has 3 rings (SSSR count). The molecule has 126 valence electrons. The highest BCUT2D eigenvalue weighted by Gasteiger charge is 2.27. The number of hydrogen-bond donors (Lipinski definition) is 1. The van der Waals surface area contributed by atoms with Crippen molar-refractivity contribution in [3.63, 3.8) is 0 Å². The zero-order valence-electron chi connectivity index (χ0n) is 13.7. The molecule has 0 atom stereocenters. The standard InChI is InChI=1S/C18H21N3O3/c1-2-21-12-16(11-19-21)13-3-5-14(6-4-13)17(22)15-7-9-20(10-8-15)18(23)24/h3-6,11-12,15H,2,7-10H2,1H3,(H,23,24). The van der Waals surface area contributed by atoms with Crippen molar-refractivity contribution in [2.75, 3.05) is 13.1 Å². The molecule has 6 heteroatoms. The molecule has 2 aromatic rings. The van der Waals surface area contributed by atoms with Crippen LogP contribution in [0.1, 0.15) is 30.1 Å². The second-order valence-corrected chi connectivity index (χ2v) is 6.07. The number of carbonyl (C=O) groups excluding carboxylic acids is 1. The molecule has 1 N–H and O–H groups in total.